The van der Waals surface area contributed by atoms with Crippen LogP contribution in [-0.2, 0) is 0 Å². The molecule has 0 amide bonds. The summed E-state index contributed by atoms with van der Waals surface area (Å²) in [7, 11) is 0. The van der Waals surface area contributed by atoms with Gasteiger partial charge in [0.05, 0.1) is 0 Å². The first-order valence-corrected chi connectivity index (χ1v) is 3.93. The van der Waals surface area contributed by atoms with E-state index in [-0.39, 0.29) is 0 Å². The number of hydrogen-bond acceptors (Lipinski definition) is 0. The van der Waals surface area contributed by atoms with E-state index in [1.807, 2.05) is 0 Å². The summed E-state index contributed by atoms with van der Waals surface area (Å²) in [6.45, 7) is 0. The van der Waals surface area contributed by atoms with Crippen LogP contribution in [0, 0.1) is 6.08 Å². The monoisotopic (exact) mass is 131 g/mol. The number of allylic oxidation sites excluding steroid dienone is 6. The van der Waals surface area contributed by atoms with Crippen LogP contribution in [0.3, 0.4) is 0 Å². The van der Waals surface area contributed by atoms with Crippen molar-refractivity contribution < 1.29 is 0 Å². The van der Waals surface area contributed by atoms with Gasteiger partial charge in [-0.25, -0.2) is 0 Å². The largest absolute Gasteiger partial charge is 0.0836 e. The topological polar surface area (TPSA) is 0 Å². The maximum Gasteiger partial charge on any atom is -0.0235 e. The van der Waals surface area contributed by atoms with Crippen LogP contribution in [0.5, 0.6) is 0 Å². The highest BCUT2D eigenvalue weighted by Gasteiger charge is 2.08. The molecule has 0 aromatic carbocycles. The van der Waals surface area contributed by atoms with Gasteiger partial charge in [-0.15, -0.1) is 0 Å². The van der Waals surface area contributed by atoms with E-state index in [2.05, 4.69) is 24.3 Å². The molecule has 0 unspecified atom stereocenters. The molecule has 0 heteroatoms. The molecule has 0 saturated heterocycles. The standard InChI is InChI=1S/C10H11/c1-2-6-10-8-4-3-7-9(10)5-1/h1,5,7H,2-4,6H2. The first-order chi connectivity index (χ1) is 4.97. The molecule has 0 fully saturated rings. The van der Waals surface area contributed by atoms with Crippen molar-refractivity contribution in [3.8, 4) is 0 Å². The Kier molecular flexibility index (Phi) is 1.46. The van der Waals surface area contributed by atoms with Gasteiger partial charge in [-0.1, -0.05) is 18.2 Å². The third-order valence-electron chi connectivity index (χ3n) is 2.05. The van der Waals surface area contributed by atoms with E-state index >= 15 is 0 Å². The molecular formula is C10H11. The van der Waals surface area contributed by atoms with Gasteiger partial charge in [0, 0.05) is 0 Å². The van der Waals surface area contributed by atoms with Crippen molar-refractivity contribution in [2.75, 3.05) is 0 Å². The Morgan fingerprint density at radius 2 is 2.30 bits per heavy atom. The lowest BCUT2D eigenvalue weighted by Crippen LogP contribution is -1.96. The summed E-state index contributed by atoms with van der Waals surface area (Å²) < 4.78 is 0. The lowest BCUT2D eigenvalue weighted by atomic mass is 9.90. The van der Waals surface area contributed by atoms with Gasteiger partial charge in [0.2, 0.25) is 0 Å². The summed E-state index contributed by atoms with van der Waals surface area (Å²) in [5.41, 5.74) is 2.88. The molecule has 2 rings (SSSR count). The number of fused-ring (bicyclic) bond motifs is 1. The lowest BCUT2D eigenvalue weighted by molar-refractivity contribution is 0.888. The van der Waals surface area contributed by atoms with Crippen LogP contribution in [0.1, 0.15) is 25.7 Å². The van der Waals surface area contributed by atoms with Crippen LogP contribution in [0.25, 0.3) is 0 Å². The summed E-state index contributed by atoms with van der Waals surface area (Å²) in [5, 5.41) is 0. The van der Waals surface area contributed by atoms with Gasteiger partial charge in [-0.05, 0) is 42.9 Å². The second-order valence-corrected chi connectivity index (χ2v) is 2.79. The Hall–Kier alpha value is -0.780. The molecular weight excluding hydrogens is 120 g/mol. The van der Waals surface area contributed by atoms with Gasteiger partial charge in [0.1, 0.15) is 0 Å². The van der Waals surface area contributed by atoms with E-state index in [1.165, 1.54) is 30.4 Å². The highest BCUT2D eigenvalue weighted by atomic mass is 14.1. The Bertz CT molecular complexity index is 216. The molecule has 0 aromatic heterocycles. The van der Waals surface area contributed by atoms with Crippen molar-refractivity contribution in [2.45, 2.75) is 25.7 Å². The van der Waals surface area contributed by atoms with Crippen LogP contribution in [0.4, 0.5) is 0 Å². The van der Waals surface area contributed by atoms with Gasteiger partial charge in [0.15, 0.2) is 0 Å². The quantitative estimate of drug-likeness (QED) is 0.474. The molecule has 2 aliphatic rings. The van der Waals surface area contributed by atoms with E-state index in [1.54, 1.807) is 0 Å². The maximum atomic E-state index is 3.42. The van der Waals surface area contributed by atoms with E-state index < -0.39 is 0 Å². The molecule has 0 aliphatic heterocycles. The average Bonchev–Trinajstić information content (AvgIpc) is 2.05. The fraction of sp³-hybridized carbons (Fsp3) is 0.400. The van der Waals surface area contributed by atoms with Crippen molar-refractivity contribution in [2.24, 2.45) is 0 Å². The van der Waals surface area contributed by atoms with E-state index in [4.69, 9.17) is 0 Å². The van der Waals surface area contributed by atoms with Crippen molar-refractivity contribution in [1.29, 1.82) is 0 Å². The fourth-order valence-corrected chi connectivity index (χ4v) is 1.52. The molecule has 0 spiro atoms. The Morgan fingerprint density at radius 3 is 3.20 bits per heavy atom. The summed E-state index contributed by atoms with van der Waals surface area (Å²) in [6.07, 6.45) is 15.0. The predicted molar refractivity (Wildman–Crippen MR) is 42.4 cm³/mol. The van der Waals surface area contributed by atoms with Crippen molar-refractivity contribution in [3.63, 3.8) is 0 Å². The van der Waals surface area contributed by atoms with Gasteiger partial charge >= 0.3 is 0 Å². The SMILES string of the molecule is [C]1=C2CCC=CC2=CCC1. The van der Waals surface area contributed by atoms with Gasteiger partial charge < -0.3 is 0 Å². The average molecular weight is 131 g/mol. The van der Waals surface area contributed by atoms with Crippen LogP contribution in [0.2, 0.25) is 0 Å². The molecule has 0 nitrogen and oxygen atoms in total. The molecule has 2 aliphatic carbocycles. The maximum absolute atomic E-state index is 3.42. The smallest absolute Gasteiger partial charge is 0.0235 e. The molecule has 0 N–H and O–H groups in total. The van der Waals surface area contributed by atoms with Crippen LogP contribution >= 0.6 is 0 Å². The highest BCUT2D eigenvalue weighted by molar-refractivity contribution is 5.42. The summed E-state index contributed by atoms with van der Waals surface area (Å²) >= 11 is 0. The van der Waals surface area contributed by atoms with Crippen LogP contribution < -0.4 is 0 Å². The predicted octanol–water partition coefficient (Wildman–Crippen LogP) is 2.79. The van der Waals surface area contributed by atoms with E-state index in [0.29, 0.717) is 0 Å². The Morgan fingerprint density at radius 1 is 1.30 bits per heavy atom. The molecule has 0 aromatic rings. The second-order valence-electron chi connectivity index (χ2n) is 2.79. The molecule has 51 valence electrons. The molecule has 0 atom stereocenters. The third kappa shape index (κ3) is 0.942. The Balaban J connectivity index is 2.33. The number of rotatable bonds is 0. The fourth-order valence-electron chi connectivity index (χ4n) is 1.52. The lowest BCUT2D eigenvalue weighted by Gasteiger charge is -2.15. The molecule has 0 heterocycles. The minimum Gasteiger partial charge on any atom is -0.0836 e. The zero-order chi connectivity index (χ0) is 6.81. The Labute approximate surface area is 61.9 Å². The molecule has 1 radical (unpaired) electrons. The third-order valence-corrected chi connectivity index (χ3v) is 2.05. The second kappa shape index (κ2) is 2.45. The van der Waals surface area contributed by atoms with Crippen molar-refractivity contribution in [1.82, 2.24) is 0 Å². The van der Waals surface area contributed by atoms with Gasteiger partial charge in [0.25, 0.3) is 0 Å². The minimum absolute atomic E-state index is 1.13. The minimum atomic E-state index is 1.13. The highest BCUT2D eigenvalue weighted by Crippen LogP contribution is 2.26. The summed E-state index contributed by atoms with van der Waals surface area (Å²) in [4.78, 5) is 0. The van der Waals surface area contributed by atoms with Crippen molar-refractivity contribution >= 4 is 0 Å². The van der Waals surface area contributed by atoms with Crippen LogP contribution in [-0.4, -0.2) is 0 Å². The van der Waals surface area contributed by atoms with Crippen LogP contribution in [0.15, 0.2) is 29.4 Å². The summed E-state index contributed by atoms with van der Waals surface area (Å²) in [6, 6.07) is 0. The van der Waals surface area contributed by atoms with E-state index in [0.717, 1.165) is 6.42 Å². The molecule has 0 bridgehead atoms. The van der Waals surface area contributed by atoms with E-state index in [9.17, 15) is 0 Å². The summed E-state index contributed by atoms with van der Waals surface area (Å²) in [5.74, 6) is 0. The molecule has 10 heavy (non-hydrogen) atoms. The zero-order valence-corrected chi connectivity index (χ0v) is 6.06. The zero-order valence-electron chi connectivity index (χ0n) is 6.06. The normalized spacial score (nSPS) is 23.2. The van der Waals surface area contributed by atoms with Gasteiger partial charge in [-0.3, -0.25) is 0 Å². The molecule has 0 saturated carbocycles. The first kappa shape index (κ1) is 5.96. The van der Waals surface area contributed by atoms with Gasteiger partial charge in [-0.2, -0.15) is 0 Å². The number of hydrogen-bond donors (Lipinski definition) is 0. The first-order valence-electron chi connectivity index (χ1n) is 3.93. The van der Waals surface area contributed by atoms with Crippen molar-refractivity contribution in [3.05, 3.63) is 35.5 Å².